The van der Waals surface area contributed by atoms with Crippen molar-refractivity contribution in [2.45, 2.75) is 123 Å². The summed E-state index contributed by atoms with van der Waals surface area (Å²) >= 11 is 0. The molecule has 0 aliphatic rings. The Bertz CT molecular complexity index is 848. The summed E-state index contributed by atoms with van der Waals surface area (Å²) in [6.45, 7) is 10.1. The third-order valence-electron chi connectivity index (χ3n) is 6.42. The van der Waals surface area contributed by atoms with E-state index >= 15 is 0 Å². The highest BCUT2D eigenvalue weighted by molar-refractivity contribution is 7.85. The topological polar surface area (TPSA) is 101 Å². The SMILES string of the molecule is CCCCCCCCCCCCC(C)=C(C)C(=O)N(C)C(N)CC.Cc1ccc(S(=O)(=O)O)cc1. The Morgan fingerprint density at radius 2 is 1.37 bits per heavy atom. The molecular formula is C28H50N2O4S. The van der Waals surface area contributed by atoms with E-state index in [1.54, 1.807) is 24.1 Å². The third kappa shape index (κ3) is 15.1. The molecule has 1 atom stereocenters. The van der Waals surface area contributed by atoms with E-state index in [4.69, 9.17) is 10.3 Å². The van der Waals surface area contributed by atoms with E-state index < -0.39 is 10.1 Å². The van der Waals surface area contributed by atoms with Crippen LogP contribution in [0.1, 0.15) is 110 Å². The summed E-state index contributed by atoms with van der Waals surface area (Å²) in [4.78, 5) is 14.0. The zero-order valence-corrected chi connectivity index (χ0v) is 23.8. The summed E-state index contributed by atoms with van der Waals surface area (Å²) in [5, 5.41) is 0. The normalized spacial score (nSPS) is 12.9. The lowest BCUT2D eigenvalue weighted by Crippen LogP contribution is -2.43. The molecule has 0 spiro atoms. The molecule has 6 nitrogen and oxygen atoms in total. The molecule has 3 N–H and O–H groups in total. The molecule has 0 bridgehead atoms. The van der Waals surface area contributed by atoms with Crippen LogP contribution in [0.2, 0.25) is 0 Å². The second kappa shape index (κ2) is 18.6. The molecule has 1 amide bonds. The van der Waals surface area contributed by atoms with Gasteiger partial charge >= 0.3 is 0 Å². The first-order chi connectivity index (χ1) is 16.4. The van der Waals surface area contributed by atoms with Crippen LogP contribution in [-0.4, -0.2) is 37.0 Å². The fourth-order valence-corrected chi connectivity index (χ4v) is 4.13. The number of carbonyl (C=O) groups is 1. The fourth-order valence-electron chi connectivity index (χ4n) is 3.65. The second-order valence-electron chi connectivity index (χ2n) is 9.52. The molecule has 0 saturated carbocycles. The number of likely N-dealkylation sites (N-methyl/N-ethyl adjacent to an activating group) is 1. The van der Waals surface area contributed by atoms with Crippen LogP contribution in [0.4, 0.5) is 0 Å². The number of aryl methyl sites for hydroxylation is 1. The molecule has 1 aromatic carbocycles. The Morgan fingerprint density at radius 3 is 1.80 bits per heavy atom. The molecule has 0 saturated heterocycles. The first-order valence-corrected chi connectivity index (χ1v) is 14.6. The van der Waals surface area contributed by atoms with Gasteiger partial charge in [-0.15, -0.1) is 0 Å². The summed E-state index contributed by atoms with van der Waals surface area (Å²) < 4.78 is 29.6. The van der Waals surface area contributed by atoms with Gasteiger partial charge in [-0.2, -0.15) is 8.42 Å². The van der Waals surface area contributed by atoms with Gasteiger partial charge in [0.25, 0.3) is 10.1 Å². The minimum Gasteiger partial charge on any atom is -0.327 e. The lowest BCUT2D eigenvalue weighted by Gasteiger charge is -2.24. The predicted molar refractivity (Wildman–Crippen MR) is 147 cm³/mol. The smallest absolute Gasteiger partial charge is 0.294 e. The van der Waals surface area contributed by atoms with E-state index in [0.717, 1.165) is 24.0 Å². The van der Waals surface area contributed by atoms with Crippen LogP contribution in [-0.2, 0) is 14.9 Å². The number of allylic oxidation sites excluding steroid dienone is 1. The van der Waals surface area contributed by atoms with Crippen LogP contribution in [0.5, 0.6) is 0 Å². The van der Waals surface area contributed by atoms with Crippen LogP contribution in [0.15, 0.2) is 40.3 Å². The molecule has 0 aliphatic heterocycles. The number of nitrogens with zero attached hydrogens (tertiary/aromatic N) is 1. The van der Waals surface area contributed by atoms with Crippen LogP contribution in [0.25, 0.3) is 0 Å². The molecule has 0 heterocycles. The van der Waals surface area contributed by atoms with E-state index in [-0.39, 0.29) is 17.0 Å². The van der Waals surface area contributed by atoms with E-state index in [1.165, 1.54) is 81.9 Å². The zero-order chi connectivity index (χ0) is 26.9. The average Bonchev–Trinajstić information content (AvgIpc) is 2.83. The minimum atomic E-state index is -4.02. The maximum Gasteiger partial charge on any atom is 0.294 e. The largest absolute Gasteiger partial charge is 0.327 e. The molecule has 0 radical (unpaired) electrons. The van der Waals surface area contributed by atoms with E-state index in [1.807, 2.05) is 20.8 Å². The number of hydrogen-bond acceptors (Lipinski definition) is 4. The van der Waals surface area contributed by atoms with E-state index in [9.17, 15) is 13.2 Å². The number of carbonyl (C=O) groups excluding carboxylic acids is 1. The van der Waals surface area contributed by atoms with Gasteiger partial charge < -0.3 is 10.6 Å². The van der Waals surface area contributed by atoms with Gasteiger partial charge in [0.05, 0.1) is 11.1 Å². The van der Waals surface area contributed by atoms with Crippen molar-refractivity contribution in [2.75, 3.05) is 7.05 Å². The number of hydrogen-bond donors (Lipinski definition) is 2. The van der Waals surface area contributed by atoms with E-state index in [2.05, 4.69) is 13.8 Å². The first kappa shape index (κ1) is 33.3. The monoisotopic (exact) mass is 510 g/mol. The average molecular weight is 511 g/mol. The predicted octanol–water partition coefficient (Wildman–Crippen LogP) is 7.03. The highest BCUT2D eigenvalue weighted by Gasteiger charge is 2.17. The van der Waals surface area contributed by atoms with Crippen LogP contribution < -0.4 is 5.73 Å². The van der Waals surface area contributed by atoms with Gasteiger partial charge in [0, 0.05) is 12.6 Å². The van der Waals surface area contributed by atoms with Crippen LogP contribution >= 0.6 is 0 Å². The van der Waals surface area contributed by atoms with Crippen molar-refractivity contribution in [3.8, 4) is 0 Å². The lowest BCUT2D eigenvalue weighted by atomic mass is 10.0. The van der Waals surface area contributed by atoms with Gasteiger partial charge in [0.15, 0.2) is 0 Å². The Labute approximate surface area is 215 Å². The summed E-state index contributed by atoms with van der Waals surface area (Å²) in [6, 6.07) is 5.99. The molecule has 0 fully saturated rings. The van der Waals surface area contributed by atoms with Crippen molar-refractivity contribution in [2.24, 2.45) is 5.73 Å². The zero-order valence-electron chi connectivity index (χ0n) is 23.0. The van der Waals surface area contributed by atoms with Gasteiger partial charge in [-0.1, -0.05) is 94.9 Å². The summed E-state index contributed by atoms with van der Waals surface area (Å²) in [5.41, 5.74) is 8.99. The maximum absolute atomic E-state index is 12.4. The summed E-state index contributed by atoms with van der Waals surface area (Å²) in [5.74, 6) is 0.0777. The van der Waals surface area contributed by atoms with Crippen molar-refractivity contribution in [1.29, 1.82) is 0 Å². The van der Waals surface area contributed by atoms with Crippen molar-refractivity contribution in [3.63, 3.8) is 0 Å². The molecule has 35 heavy (non-hydrogen) atoms. The Hall–Kier alpha value is -1.70. The van der Waals surface area contributed by atoms with Crippen molar-refractivity contribution >= 4 is 16.0 Å². The van der Waals surface area contributed by atoms with Crippen LogP contribution in [0.3, 0.4) is 0 Å². The highest BCUT2D eigenvalue weighted by Crippen LogP contribution is 2.17. The lowest BCUT2D eigenvalue weighted by molar-refractivity contribution is -0.127. The van der Waals surface area contributed by atoms with Crippen molar-refractivity contribution < 1.29 is 17.8 Å². The van der Waals surface area contributed by atoms with Crippen molar-refractivity contribution in [1.82, 2.24) is 4.90 Å². The standard InChI is InChI=1S/C21H42N2O.C7H8O3S/c1-6-8-9-10-11-12-13-14-15-16-17-18(3)19(4)21(24)23(5)20(22)7-2;1-6-2-4-7(5-3-6)11(8,9)10/h20H,6-17,22H2,1-5H3;2-5H,1H3,(H,8,9,10). The van der Waals surface area contributed by atoms with Gasteiger partial charge in [0.2, 0.25) is 5.91 Å². The number of nitrogens with two attached hydrogens (primary N) is 1. The molecule has 202 valence electrons. The van der Waals surface area contributed by atoms with Gasteiger partial charge in [-0.3, -0.25) is 9.35 Å². The Balaban J connectivity index is 0.000000867. The fraction of sp³-hybridized carbons (Fsp3) is 0.679. The number of unbranched alkanes of at least 4 members (excludes halogenated alkanes) is 9. The molecule has 0 aliphatic carbocycles. The van der Waals surface area contributed by atoms with E-state index in [0.29, 0.717) is 0 Å². The van der Waals surface area contributed by atoms with Crippen molar-refractivity contribution in [3.05, 3.63) is 41.0 Å². The molecule has 0 aromatic heterocycles. The van der Waals surface area contributed by atoms with Gasteiger partial charge in [-0.05, 0) is 52.2 Å². The third-order valence-corrected chi connectivity index (χ3v) is 7.29. The Kier molecular flexibility index (Phi) is 17.7. The maximum atomic E-state index is 12.4. The highest BCUT2D eigenvalue weighted by atomic mass is 32.2. The molecular weight excluding hydrogens is 460 g/mol. The summed E-state index contributed by atoms with van der Waals surface area (Å²) in [6.07, 6.45) is 15.1. The quantitative estimate of drug-likeness (QED) is 0.114. The molecule has 7 heteroatoms. The number of amides is 1. The number of benzene rings is 1. The van der Waals surface area contributed by atoms with Gasteiger partial charge in [-0.25, -0.2) is 0 Å². The molecule has 1 unspecified atom stereocenters. The Morgan fingerprint density at radius 1 is 0.914 bits per heavy atom. The first-order valence-electron chi connectivity index (χ1n) is 13.2. The summed E-state index contributed by atoms with van der Waals surface area (Å²) in [7, 11) is -2.22. The minimum absolute atomic E-state index is 0.0666. The molecule has 1 aromatic rings. The molecule has 1 rings (SSSR count). The van der Waals surface area contributed by atoms with Gasteiger partial charge in [0.1, 0.15) is 0 Å². The van der Waals surface area contributed by atoms with Crippen LogP contribution in [0, 0.1) is 6.92 Å². The second-order valence-corrected chi connectivity index (χ2v) is 10.9. The number of rotatable bonds is 15.